The van der Waals surface area contributed by atoms with Crippen molar-refractivity contribution in [3.05, 3.63) is 30.0 Å². The summed E-state index contributed by atoms with van der Waals surface area (Å²) in [5, 5.41) is 8.79. The van der Waals surface area contributed by atoms with Crippen molar-refractivity contribution in [3.8, 4) is 17.5 Å². The second-order valence-corrected chi connectivity index (χ2v) is 3.90. The molecule has 86 valence electrons. The van der Waals surface area contributed by atoms with Gasteiger partial charge < -0.3 is 15.6 Å². The molecule has 0 fully saturated rings. The number of aromatic nitrogens is 2. The smallest absolute Gasteiger partial charge is 0.161 e. The van der Waals surface area contributed by atoms with Gasteiger partial charge in [0, 0.05) is 25.3 Å². The number of H-pyrrole nitrogens is 1. The van der Waals surface area contributed by atoms with E-state index in [1.54, 1.807) is 0 Å². The van der Waals surface area contributed by atoms with Gasteiger partial charge in [-0.2, -0.15) is 5.26 Å². The molecular formula is C12H13N5. The van der Waals surface area contributed by atoms with Gasteiger partial charge in [0.25, 0.3) is 0 Å². The largest absolute Gasteiger partial charge is 0.381 e. The van der Waals surface area contributed by atoms with Crippen molar-refractivity contribution in [1.29, 1.82) is 5.26 Å². The number of nitrogen functional groups attached to an aromatic ring is 1. The number of hydrogen-bond donors (Lipinski definition) is 2. The summed E-state index contributed by atoms with van der Waals surface area (Å²) < 4.78 is 0. The van der Waals surface area contributed by atoms with Gasteiger partial charge in [0.2, 0.25) is 0 Å². The first-order valence-electron chi connectivity index (χ1n) is 5.15. The number of nitrogens with two attached hydrogens (primary N) is 1. The van der Waals surface area contributed by atoms with Crippen LogP contribution in [0.15, 0.2) is 24.3 Å². The Morgan fingerprint density at radius 3 is 2.41 bits per heavy atom. The van der Waals surface area contributed by atoms with E-state index in [-0.39, 0.29) is 5.82 Å². The lowest BCUT2D eigenvalue weighted by Gasteiger charge is -2.11. The summed E-state index contributed by atoms with van der Waals surface area (Å²) in [7, 11) is 3.96. The highest BCUT2D eigenvalue weighted by Crippen LogP contribution is 2.21. The van der Waals surface area contributed by atoms with Crippen LogP contribution >= 0.6 is 0 Å². The molecule has 0 saturated carbocycles. The van der Waals surface area contributed by atoms with E-state index in [0.717, 1.165) is 11.3 Å². The van der Waals surface area contributed by atoms with Gasteiger partial charge in [-0.15, -0.1) is 0 Å². The van der Waals surface area contributed by atoms with Crippen LogP contribution < -0.4 is 10.6 Å². The van der Waals surface area contributed by atoms with Crippen LogP contribution in [-0.2, 0) is 0 Å². The van der Waals surface area contributed by atoms with Crippen LogP contribution in [0.3, 0.4) is 0 Å². The van der Waals surface area contributed by atoms with Crippen LogP contribution in [0.2, 0.25) is 0 Å². The second kappa shape index (κ2) is 4.18. The van der Waals surface area contributed by atoms with Crippen LogP contribution in [0.4, 0.5) is 11.5 Å². The fraction of sp³-hybridized carbons (Fsp3) is 0.167. The third-order valence-electron chi connectivity index (χ3n) is 2.50. The van der Waals surface area contributed by atoms with Crippen molar-refractivity contribution >= 4 is 11.5 Å². The van der Waals surface area contributed by atoms with E-state index in [1.807, 2.05) is 49.3 Å². The minimum Gasteiger partial charge on any atom is -0.381 e. The molecule has 0 unspecified atom stereocenters. The number of anilines is 2. The molecule has 0 amide bonds. The summed E-state index contributed by atoms with van der Waals surface area (Å²) in [6, 6.07) is 9.81. The number of rotatable bonds is 2. The summed E-state index contributed by atoms with van der Waals surface area (Å²) in [6.07, 6.45) is 0. The molecule has 0 spiro atoms. The first-order valence-corrected chi connectivity index (χ1v) is 5.15. The summed E-state index contributed by atoms with van der Waals surface area (Å²) >= 11 is 0. The third-order valence-corrected chi connectivity index (χ3v) is 2.50. The lowest BCUT2D eigenvalue weighted by Crippen LogP contribution is -2.07. The highest BCUT2D eigenvalue weighted by atomic mass is 15.1. The highest BCUT2D eigenvalue weighted by Gasteiger charge is 2.08. The molecule has 0 saturated heterocycles. The van der Waals surface area contributed by atoms with Gasteiger partial charge in [-0.1, -0.05) is 0 Å². The molecule has 1 heterocycles. The van der Waals surface area contributed by atoms with Crippen LogP contribution in [-0.4, -0.2) is 24.1 Å². The summed E-state index contributed by atoms with van der Waals surface area (Å²) in [5.41, 5.74) is 7.91. The first-order chi connectivity index (χ1) is 8.11. The van der Waals surface area contributed by atoms with Crippen LogP contribution in [0, 0.1) is 11.3 Å². The molecular weight excluding hydrogens is 214 g/mol. The average Bonchev–Trinajstić information content (AvgIpc) is 2.70. The lowest BCUT2D eigenvalue weighted by molar-refractivity contribution is 1.13. The number of nitrogens with one attached hydrogen (secondary N) is 1. The Morgan fingerprint density at radius 2 is 1.94 bits per heavy atom. The van der Waals surface area contributed by atoms with Crippen LogP contribution in [0.5, 0.6) is 0 Å². The Balaban J connectivity index is 2.37. The second-order valence-electron chi connectivity index (χ2n) is 3.90. The summed E-state index contributed by atoms with van der Waals surface area (Å²) in [5.74, 6) is 0.851. The Kier molecular flexibility index (Phi) is 2.71. The van der Waals surface area contributed by atoms with E-state index in [0.29, 0.717) is 11.5 Å². The zero-order chi connectivity index (χ0) is 12.4. The maximum Gasteiger partial charge on any atom is 0.161 e. The molecule has 2 rings (SSSR count). The van der Waals surface area contributed by atoms with E-state index in [4.69, 9.17) is 11.0 Å². The standard InChI is InChI=1S/C12H13N5/c1-17(2)9-5-3-8(4-6-9)12-15-10(7-13)11(14)16-12/h3-6H,14H2,1-2H3,(H,15,16). The van der Waals surface area contributed by atoms with Crippen molar-refractivity contribution < 1.29 is 0 Å². The van der Waals surface area contributed by atoms with Gasteiger partial charge in [0.1, 0.15) is 11.9 Å². The molecule has 0 bridgehead atoms. The van der Waals surface area contributed by atoms with Crippen molar-refractivity contribution in [1.82, 2.24) is 9.97 Å². The lowest BCUT2D eigenvalue weighted by atomic mass is 10.2. The number of imidazole rings is 1. The third kappa shape index (κ3) is 2.06. The highest BCUT2D eigenvalue weighted by molar-refractivity contribution is 5.63. The molecule has 0 radical (unpaired) electrons. The molecule has 0 atom stereocenters. The number of nitriles is 1. The van der Waals surface area contributed by atoms with Gasteiger partial charge in [-0.3, -0.25) is 0 Å². The normalized spacial score (nSPS) is 9.94. The van der Waals surface area contributed by atoms with Crippen molar-refractivity contribution in [2.24, 2.45) is 0 Å². The van der Waals surface area contributed by atoms with Crippen molar-refractivity contribution in [2.45, 2.75) is 0 Å². The van der Waals surface area contributed by atoms with E-state index in [2.05, 4.69) is 9.97 Å². The topological polar surface area (TPSA) is 81.7 Å². The SMILES string of the molecule is CN(C)c1ccc(-c2nc(N)c(C#N)[nH]2)cc1. The molecule has 0 aliphatic rings. The molecule has 17 heavy (non-hydrogen) atoms. The number of nitrogens with zero attached hydrogens (tertiary/aromatic N) is 3. The minimum atomic E-state index is 0.235. The average molecular weight is 227 g/mol. The van der Waals surface area contributed by atoms with Crippen molar-refractivity contribution in [3.63, 3.8) is 0 Å². The number of hydrogen-bond acceptors (Lipinski definition) is 4. The van der Waals surface area contributed by atoms with Crippen LogP contribution in [0.1, 0.15) is 5.69 Å². The molecule has 1 aromatic heterocycles. The van der Waals surface area contributed by atoms with Crippen LogP contribution in [0.25, 0.3) is 11.4 Å². The van der Waals surface area contributed by atoms with Gasteiger partial charge in [-0.05, 0) is 24.3 Å². The molecule has 0 aliphatic carbocycles. The monoisotopic (exact) mass is 227 g/mol. The predicted octanol–water partition coefficient (Wildman–Crippen LogP) is 1.60. The van der Waals surface area contributed by atoms with E-state index < -0.39 is 0 Å². The molecule has 3 N–H and O–H groups in total. The summed E-state index contributed by atoms with van der Waals surface area (Å²) in [4.78, 5) is 9.01. The molecule has 2 aromatic rings. The molecule has 5 heteroatoms. The minimum absolute atomic E-state index is 0.235. The van der Waals surface area contributed by atoms with E-state index >= 15 is 0 Å². The summed E-state index contributed by atoms with van der Waals surface area (Å²) in [6.45, 7) is 0. The Labute approximate surface area is 99.5 Å². The van der Waals surface area contributed by atoms with E-state index in [1.165, 1.54) is 0 Å². The maximum atomic E-state index is 8.79. The number of aromatic amines is 1. The molecule has 0 aliphatic heterocycles. The maximum absolute atomic E-state index is 8.79. The first kappa shape index (κ1) is 11.0. The Hall–Kier alpha value is -2.48. The Morgan fingerprint density at radius 1 is 1.29 bits per heavy atom. The van der Waals surface area contributed by atoms with Gasteiger partial charge in [0.15, 0.2) is 11.5 Å². The van der Waals surface area contributed by atoms with Crippen molar-refractivity contribution in [2.75, 3.05) is 24.7 Å². The zero-order valence-corrected chi connectivity index (χ0v) is 9.73. The quantitative estimate of drug-likeness (QED) is 0.816. The van der Waals surface area contributed by atoms with Gasteiger partial charge >= 0.3 is 0 Å². The predicted molar refractivity (Wildman–Crippen MR) is 67.5 cm³/mol. The fourth-order valence-electron chi connectivity index (χ4n) is 1.53. The van der Waals surface area contributed by atoms with Gasteiger partial charge in [0.05, 0.1) is 0 Å². The van der Waals surface area contributed by atoms with Gasteiger partial charge in [-0.25, -0.2) is 4.98 Å². The Bertz CT molecular complexity index is 560. The molecule has 5 nitrogen and oxygen atoms in total. The van der Waals surface area contributed by atoms with E-state index in [9.17, 15) is 0 Å². The molecule has 1 aromatic carbocycles. The fourth-order valence-corrected chi connectivity index (χ4v) is 1.53. The number of benzene rings is 1. The zero-order valence-electron chi connectivity index (χ0n) is 9.73.